The lowest BCUT2D eigenvalue weighted by atomic mass is 10.3. The third-order valence-electron chi connectivity index (χ3n) is 1.84. The van der Waals surface area contributed by atoms with Crippen LogP contribution in [0, 0.1) is 0 Å². The molecule has 5 heteroatoms. The number of anilines is 1. The van der Waals surface area contributed by atoms with Gasteiger partial charge < -0.3 is 10.1 Å². The van der Waals surface area contributed by atoms with Crippen molar-refractivity contribution in [3.8, 4) is 5.88 Å². The van der Waals surface area contributed by atoms with Crippen molar-refractivity contribution in [1.82, 2.24) is 9.97 Å². The third kappa shape index (κ3) is 4.18. The summed E-state index contributed by atoms with van der Waals surface area (Å²) in [5.74, 6) is 1.17. The van der Waals surface area contributed by atoms with Crippen LogP contribution in [0.1, 0.15) is 19.8 Å². The fourth-order valence-corrected chi connectivity index (χ4v) is 1.40. The molecule has 16 heavy (non-hydrogen) atoms. The van der Waals surface area contributed by atoms with Crippen molar-refractivity contribution in [2.75, 3.05) is 18.5 Å². The number of ether oxygens (including phenoxy) is 1. The second kappa shape index (κ2) is 7.22. The summed E-state index contributed by atoms with van der Waals surface area (Å²) in [4.78, 5) is 8.35. The fraction of sp³-hybridized carbons (Fsp3) is 0.455. The monoisotopic (exact) mass is 285 g/mol. The average molecular weight is 286 g/mol. The predicted octanol–water partition coefficient (Wildman–Crippen LogP) is 3.02. The highest BCUT2D eigenvalue weighted by Gasteiger charge is 2.05. The number of halogens is 1. The molecule has 0 spiro atoms. The van der Waals surface area contributed by atoms with Gasteiger partial charge in [0.2, 0.25) is 11.8 Å². The summed E-state index contributed by atoms with van der Waals surface area (Å²) in [6.07, 6.45) is 5.45. The van der Waals surface area contributed by atoms with Crippen LogP contribution < -0.4 is 10.1 Å². The van der Waals surface area contributed by atoms with Gasteiger partial charge in [-0.15, -0.1) is 6.58 Å². The highest BCUT2D eigenvalue weighted by Crippen LogP contribution is 2.22. The Kier molecular flexibility index (Phi) is 5.85. The lowest BCUT2D eigenvalue weighted by Crippen LogP contribution is -2.05. The van der Waals surface area contributed by atoms with Gasteiger partial charge in [-0.05, 0) is 35.7 Å². The van der Waals surface area contributed by atoms with Crippen molar-refractivity contribution in [1.29, 1.82) is 0 Å². The Labute approximate surface area is 104 Å². The van der Waals surface area contributed by atoms with Gasteiger partial charge in [0.15, 0.2) is 0 Å². The minimum atomic E-state index is 0.579. The maximum atomic E-state index is 5.54. The number of nitrogens with zero attached hydrogens (tertiary/aromatic N) is 2. The first kappa shape index (κ1) is 13.0. The first-order valence-electron chi connectivity index (χ1n) is 5.28. The first-order valence-corrected chi connectivity index (χ1v) is 6.07. The number of allylic oxidation sites excluding steroid dienone is 1. The summed E-state index contributed by atoms with van der Waals surface area (Å²) < 4.78 is 6.31. The second-order valence-corrected chi connectivity index (χ2v) is 4.01. The number of hydrogen-bond acceptors (Lipinski definition) is 4. The zero-order valence-corrected chi connectivity index (χ0v) is 11.0. The van der Waals surface area contributed by atoms with Crippen LogP contribution in [0.2, 0.25) is 0 Å². The summed E-state index contributed by atoms with van der Waals surface area (Å²) in [5.41, 5.74) is 0. The van der Waals surface area contributed by atoms with Crippen molar-refractivity contribution in [2.45, 2.75) is 19.8 Å². The molecule has 0 fully saturated rings. The Balaban J connectivity index is 2.55. The van der Waals surface area contributed by atoms with Gasteiger partial charge in [0.1, 0.15) is 0 Å². The van der Waals surface area contributed by atoms with E-state index in [4.69, 9.17) is 4.74 Å². The molecule has 0 unspecified atom stereocenters. The molecule has 88 valence electrons. The number of aromatic nitrogens is 2. The van der Waals surface area contributed by atoms with Crippen molar-refractivity contribution in [2.24, 2.45) is 0 Å². The highest BCUT2D eigenvalue weighted by atomic mass is 79.9. The normalized spacial score (nSPS) is 9.88. The summed E-state index contributed by atoms with van der Waals surface area (Å²) in [7, 11) is 0. The topological polar surface area (TPSA) is 47.0 Å². The summed E-state index contributed by atoms with van der Waals surface area (Å²) in [6, 6.07) is 0. The Morgan fingerprint density at radius 3 is 3.12 bits per heavy atom. The molecule has 0 aromatic carbocycles. The van der Waals surface area contributed by atoms with Crippen molar-refractivity contribution >= 4 is 21.9 Å². The van der Waals surface area contributed by atoms with Gasteiger partial charge in [-0.25, -0.2) is 4.98 Å². The van der Waals surface area contributed by atoms with Gasteiger partial charge in [0.25, 0.3) is 0 Å². The maximum absolute atomic E-state index is 5.54. The predicted molar refractivity (Wildman–Crippen MR) is 68.8 cm³/mol. The summed E-state index contributed by atoms with van der Waals surface area (Å²) in [5, 5.41) is 3.04. The first-order chi connectivity index (χ1) is 7.77. The molecule has 1 heterocycles. The molecule has 0 aliphatic heterocycles. The Morgan fingerprint density at radius 2 is 2.44 bits per heavy atom. The van der Waals surface area contributed by atoms with E-state index in [1.54, 1.807) is 6.20 Å². The SMILES string of the molecule is C=CCCCOc1nc(NCC)ncc1Br. The van der Waals surface area contributed by atoms with Crippen LogP contribution in [0.5, 0.6) is 5.88 Å². The Morgan fingerprint density at radius 1 is 1.62 bits per heavy atom. The third-order valence-corrected chi connectivity index (χ3v) is 2.38. The molecule has 1 N–H and O–H groups in total. The van der Waals surface area contributed by atoms with Crippen LogP contribution in [0.25, 0.3) is 0 Å². The molecule has 0 bridgehead atoms. The van der Waals surface area contributed by atoms with E-state index in [1.807, 2.05) is 13.0 Å². The van der Waals surface area contributed by atoms with Crippen LogP contribution >= 0.6 is 15.9 Å². The van der Waals surface area contributed by atoms with Gasteiger partial charge in [0.05, 0.1) is 17.3 Å². The summed E-state index contributed by atoms with van der Waals surface area (Å²) in [6.45, 7) is 7.08. The molecule has 4 nitrogen and oxygen atoms in total. The van der Waals surface area contributed by atoms with Crippen molar-refractivity contribution in [3.63, 3.8) is 0 Å². The molecule has 0 aliphatic carbocycles. The number of nitrogens with one attached hydrogen (secondary N) is 1. The van der Waals surface area contributed by atoms with E-state index in [9.17, 15) is 0 Å². The van der Waals surface area contributed by atoms with E-state index in [0.717, 1.165) is 23.9 Å². The largest absolute Gasteiger partial charge is 0.477 e. The van der Waals surface area contributed by atoms with Crippen molar-refractivity contribution < 1.29 is 4.74 Å². The fourth-order valence-electron chi connectivity index (χ4n) is 1.09. The van der Waals surface area contributed by atoms with E-state index >= 15 is 0 Å². The maximum Gasteiger partial charge on any atom is 0.232 e. The molecule has 0 radical (unpaired) electrons. The van der Waals surface area contributed by atoms with Crippen LogP contribution in [-0.2, 0) is 0 Å². The van der Waals surface area contributed by atoms with Gasteiger partial charge in [-0.1, -0.05) is 6.08 Å². The molecule has 0 saturated carbocycles. The Hall–Kier alpha value is -1.10. The smallest absolute Gasteiger partial charge is 0.232 e. The number of rotatable bonds is 7. The molecule has 0 atom stereocenters. The van der Waals surface area contributed by atoms with Crippen LogP contribution in [0.3, 0.4) is 0 Å². The molecule has 1 aromatic heterocycles. The second-order valence-electron chi connectivity index (χ2n) is 3.16. The van der Waals surface area contributed by atoms with Crippen LogP contribution in [-0.4, -0.2) is 23.1 Å². The lowest BCUT2D eigenvalue weighted by molar-refractivity contribution is 0.298. The van der Waals surface area contributed by atoms with Crippen molar-refractivity contribution in [3.05, 3.63) is 23.3 Å². The zero-order valence-electron chi connectivity index (χ0n) is 9.37. The molecule has 0 saturated heterocycles. The van der Waals surface area contributed by atoms with Gasteiger partial charge in [-0.3, -0.25) is 0 Å². The van der Waals surface area contributed by atoms with Crippen LogP contribution in [0.4, 0.5) is 5.95 Å². The molecular weight excluding hydrogens is 270 g/mol. The number of hydrogen-bond donors (Lipinski definition) is 1. The minimum absolute atomic E-state index is 0.579. The lowest BCUT2D eigenvalue weighted by Gasteiger charge is -2.08. The van der Waals surface area contributed by atoms with Crippen LogP contribution in [0.15, 0.2) is 23.3 Å². The quantitative estimate of drug-likeness (QED) is 0.618. The van der Waals surface area contributed by atoms with E-state index in [2.05, 4.69) is 37.8 Å². The zero-order chi connectivity index (χ0) is 11.8. The molecule has 1 aromatic rings. The van der Waals surface area contributed by atoms with E-state index < -0.39 is 0 Å². The average Bonchev–Trinajstić information content (AvgIpc) is 2.29. The molecule has 1 rings (SSSR count). The minimum Gasteiger partial charge on any atom is -0.477 e. The summed E-state index contributed by atoms with van der Waals surface area (Å²) >= 11 is 3.35. The Bertz CT molecular complexity index is 344. The van der Waals surface area contributed by atoms with Gasteiger partial charge in [-0.2, -0.15) is 4.98 Å². The van der Waals surface area contributed by atoms with Gasteiger partial charge in [0, 0.05) is 6.54 Å². The van der Waals surface area contributed by atoms with E-state index in [-0.39, 0.29) is 0 Å². The molecular formula is C11H16BrN3O. The van der Waals surface area contributed by atoms with E-state index in [0.29, 0.717) is 18.4 Å². The standard InChI is InChI=1S/C11H16BrN3O/c1-3-5-6-7-16-10-9(12)8-14-11(15-10)13-4-2/h3,8H,1,4-7H2,2H3,(H,13,14,15). The molecule has 0 amide bonds. The van der Waals surface area contributed by atoms with Gasteiger partial charge >= 0.3 is 0 Å². The highest BCUT2D eigenvalue weighted by molar-refractivity contribution is 9.10. The molecule has 0 aliphatic rings. The number of unbranched alkanes of at least 4 members (excludes halogenated alkanes) is 1. The van der Waals surface area contributed by atoms with E-state index in [1.165, 1.54) is 0 Å².